The molecule has 2 unspecified atom stereocenters. The van der Waals surface area contributed by atoms with Gasteiger partial charge in [-0.2, -0.15) is 0 Å². The van der Waals surface area contributed by atoms with E-state index in [0.29, 0.717) is 12.5 Å². The third-order valence-electron chi connectivity index (χ3n) is 3.05. The van der Waals surface area contributed by atoms with Crippen LogP contribution < -0.4 is 5.73 Å². The van der Waals surface area contributed by atoms with Crippen molar-refractivity contribution in [1.82, 2.24) is 9.88 Å². The van der Waals surface area contributed by atoms with E-state index in [1.807, 2.05) is 10.3 Å². The SMILES string of the molecule is NC1CC(=O)N(C2CC2)C1c1nccs1. The zero-order valence-corrected chi connectivity index (χ0v) is 9.11. The van der Waals surface area contributed by atoms with Crippen molar-refractivity contribution in [3.8, 4) is 0 Å². The Morgan fingerprint density at radius 3 is 2.93 bits per heavy atom. The van der Waals surface area contributed by atoms with Gasteiger partial charge in [-0.25, -0.2) is 4.98 Å². The van der Waals surface area contributed by atoms with Crippen LogP contribution in [-0.2, 0) is 4.79 Å². The number of rotatable bonds is 2. The van der Waals surface area contributed by atoms with Crippen LogP contribution in [0.25, 0.3) is 0 Å². The van der Waals surface area contributed by atoms with E-state index in [1.54, 1.807) is 17.5 Å². The minimum Gasteiger partial charge on any atom is -0.329 e. The molecule has 0 radical (unpaired) electrons. The predicted octanol–water partition coefficient (Wildman–Crippen LogP) is 0.906. The molecule has 1 saturated heterocycles. The van der Waals surface area contributed by atoms with E-state index in [0.717, 1.165) is 17.8 Å². The smallest absolute Gasteiger partial charge is 0.225 e. The molecule has 80 valence electrons. The van der Waals surface area contributed by atoms with Gasteiger partial charge in [0.15, 0.2) is 0 Å². The number of amides is 1. The molecule has 2 heterocycles. The van der Waals surface area contributed by atoms with Gasteiger partial charge in [0.2, 0.25) is 5.91 Å². The molecule has 3 rings (SSSR count). The second kappa shape index (κ2) is 3.28. The summed E-state index contributed by atoms with van der Waals surface area (Å²) in [7, 11) is 0. The highest BCUT2D eigenvalue weighted by atomic mass is 32.1. The molecule has 0 aromatic carbocycles. The summed E-state index contributed by atoms with van der Waals surface area (Å²) in [5.74, 6) is 0.199. The summed E-state index contributed by atoms with van der Waals surface area (Å²) in [5.41, 5.74) is 6.02. The first kappa shape index (κ1) is 9.30. The first-order valence-corrected chi connectivity index (χ1v) is 6.11. The lowest BCUT2D eigenvalue weighted by molar-refractivity contribution is -0.129. The van der Waals surface area contributed by atoms with Crippen LogP contribution >= 0.6 is 11.3 Å². The van der Waals surface area contributed by atoms with E-state index in [1.165, 1.54) is 0 Å². The van der Waals surface area contributed by atoms with E-state index in [9.17, 15) is 4.79 Å². The highest BCUT2D eigenvalue weighted by Gasteiger charge is 2.46. The maximum Gasteiger partial charge on any atom is 0.225 e. The highest BCUT2D eigenvalue weighted by Crippen LogP contribution is 2.41. The van der Waals surface area contributed by atoms with Crippen LogP contribution in [0.4, 0.5) is 0 Å². The van der Waals surface area contributed by atoms with Crippen LogP contribution in [0, 0.1) is 0 Å². The first-order chi connectivity index (χ1) is 7.27. The summed E-state index contributed by atoms with van der Waals surface area (Å²) in [5, 5.41) is 2.93. The van der Waals surface area contributed by atoms with E-state index < -0.39 is 0 Å². The molecule has 5 heteroatoms. The Balaban J connectivity index is 1.93. The van der Waals surface area contributed by atoms with Crippen LogP contribution in [0.1, 0.15) is 30.3 Å². The van der Waals surface area contributed by atoms with Gasteiger partial charge >= 0.3 is 0 Å². The van der Waals surface area contributed by atoms with E-state index in [4.69, 9.17) is 5.73 Å². The maximum absolute atomic E-state index is 11.8. The van der Waals surface area contributed by atoms with Crippen molar-refractivity contribution >= 4 is 17.2 Å². The highest BCUT2D eigenvalue weighted by molar-refractivity contribution is 7.09. The number of carbonyl (C=O) groups is 1. The first-order valence-electron chi connectivity index (χ1n) is 5.23. The molecule has 1 aromatic heterocycles. The third-order valence-corrected chi connectivity index (χ3v) is 3.89. The summed E-state index contributed by atoms with van der Waals surface area (Å²) in [6.45, 7) is 0. The van der Waals surface area contributed by atoms with E-state index in [2.05, 4.69) is 4.98 Å². The molecule has 4 nitrogen and oxygen atoms in total. The van der Waals surface area contributed by atoms with Gasteiger partial charge in [0.05, 0.1) is 6.04 Å². The van der Waals surface area contributed by atoms with Crippen molar-refractivity contribution < 1.29 is 4.79 Å². The van der Waals surface area contributed by atoms with Crippen molar-refractivity contribution in [1.29, 1.82) is 0 Å². The molecule has 1 amide bonds. The number of nitrogens with two attached hydrogens (primary N) is 1. The number of likely N-dealkylation sites (tertiary alicyclic amines) is 1. The van der Waals surface area contributed by atoms with Gasteiger partial charge in [-0.05, 0) is 12.8 Å². The Morgan fingerprint density at radius 2 is 2.33 bits per heavy atom. The summed E-state index contributed by atoms with van der Waals surface area (Å²) >= 11 is 1.59. The average Bonchev–Trinajstić information content (AvgIpc) is 2.79. The van der Waals surface area contributed by atoms with Crippen LogP contribution in [0.5, 0.6) is 0 Å². The van der Waals surface area contributed by atoms with Gasteiger partial charge in [0, 0.05) is 30.1 Å². The quantitative estimate of drug-likeness (QED) is 0.810. The normalized spacial score (nSPS) is 31.3. The minimum atomic E-state index is -0.0794. The molecule has 0 spiro atoms. The van der Waals surface area contributed by atoms with Crippen LogP contribution in [-0.4, -0.2) is 27.9 Å². The van der Waals surface area contributed by atoms with Crippen LogP contribution in [0.2, 0.25) is 0 Å². The monoisotopic (exact) mass is 223 g/mol. The molecule has 1 aliphatic heterocycles. The average molecular weight is 223 g/mol. The summed E-state index contributed by atoms with van der Waals surface area (Å²) in [4.78, 5) is 18.0. The fourth-order valence-corrected chi connectivity index (χ4v) is 3.06. The number of thiazole rings is 1. The van der Waals surface area contributed by atoms with Crippen molar-refractivity contribution in [2.45, 2.75) is 37.4 Å². The number of nitrogens with zero attached hydrogens (tertiary/aromatic N) is 2. The van der Waals surface area contributed by atoms with Gasteiger partial charge in [-0.3, -0.25) is 4.79 Å². The Labute approximate surface area is 92.1 Å². The lowest BCUT2D eigenvalue weighted by Gasteiger charge is -2.24. The summed E-state index contributed by atoms with van der Waals surface area (Å²) in [6, 6.07) is 0.384. The number of carbonyl (C=O) groups excluding carboxylic acids is 1. The van der Waals surface area contributed by atoms with Gasteiger partial charge in [0.1, 0.15) is 5.01 Å². The Bertz CT molecular complexity index is 374. The second-order valence-corrected chi connectivity index (χ2v) is 5.14. The molecular weight excluding hydrogens is 210 g/mol. The number of hydrogen-bond donors (Lipinski definition) is 1. The van der Waals surface area contributed by atoms with E-state index in [-0.39, 0.29) is 18.0 Å². The molecule has 1 aliphatic carbocycles. The fourth-order valence-electron chi connectivity index (χ4n) is 2.25. The predicted molar refractivity (Wildman–Crippen MR) is 57.3 cm³/mol. The van der Waals surface area contributed by atoms with E-state index >= 15 is 0 Å². The molecule has 15 heavy (non-hydrogen) atoms. The zero-order chi connectivity index (χ0) is 10.4. The molecule has 1 saturated carbocycles. The fraction of sp³-hybridized carbons (Fsp3) is 0.600. The second-order valence-electron chi connectivity index (χ2n) is 4.22. The Hall–Kier alpha value is -0.940. The zero-order valence-electron chi connectivity index (χ0n) is 8.30. The number of aromatic nitrogens is 1. The van der Waals surface area contributed by atoms with Crippen molar-refractivity contribution in [3.63, 3.8) is 0 Å². The van der Waals surface area contributed by atoms with Crippen LogP contribution in [0.15, 0.2) is 11.6 Å². The molecule has 2 aliphatic rings. The number of hydrogen-bond acceptors (Lipinski definition) is 4. The lowest BCUT2D eigenvalue weighted by Crippen LogP contribution is -2.34. The third kappa shape index (κ3) is 1.46. The van der Waals surface area contributed by atoms with Crippen molar-refractivity contribution in [2.24, 2.45) is 5.73 Å². The Kier molecular flexibility index (Phi) is 2.03. The standard InChI is InChI=1S/C10H13N3OS/c11-7-5-8(14)13(6-1-2-6)9(7)10-12-3-4-15-10/h3-4,6-7,9H,1-2,5,11H2. The molecule has 0 bridgehead atoms. The minimum absolute atomic E-state index is 0.0324. The van der Waals surface area contributed by atoms with Crippen molar-refractivity contribution in [2.75, 3.05) is 0 Å². The maximum atomic E-state index is 11.8. The lowest BCUT2D eigenvalue weighted by atomic mass is 10.1. The molecular formula is C10H13N3OS. The molecule has 2 atom stereocenters. The van der Waals surface area contributed by atoms with Gasteiger partial charge in [-0.15, -0.1) is 11.3 Å². The largest absolute Gasteiger partial charge is 0.329 e. The molecule has 2 N–H and O–H groups in total. The molecule has 1 aromatic rings. The van der Waals surface area contributed by atoms with Gasteiger partial charge < -0.3 is 10.6 Å². The summed E-state index contributed by atoms with van der Waals surface area (Å²) in [6.07, 6.45) is 4.50. The Morgan fingerprint density at radius 1 is 1.53 bits per heavy atom. The van der Waals surface area contributed by atoms with Crippen molar-refractivity contribution in [3.05, 3.63) is 16.6 Å². The summed E-state index contributed by atoms with van der Waals surface area (Å²) < 4.78 is 0. The van der Waals surface area contributed by atoms with Crippen LogP contribution in [0.3, 0.4) is 0 Å². The molecule has 2 fully saturated rings. The topological polar surface area (TPSA) is 59.2 Å². The van der Waals surface area contributed by atoms with Gasteiger partial charge in [0.25, 0.3) is 0 Å². The van der Waals surface area contributed by atoms with Gasteiger partial charge in [-0.1, -0.05) is 0 Å².